The molecule has 3 N–H and O–H groups in total. The van der Waals surface area contributed by atoms with E-state index in [2.05, 4.69) is 13.5 Å². The van der Waals surface area contributed by atoms with Gasteiger partial charge in [-0.05, 0) is 133 Å². The Morgan fingerprint density at radius 3 is 2.48 bits per heavy atom. The van der Waals surface area contributed by atoms with E-state index in [0.717, 1.165) is 44.9 Å². The Balaban J connectivity index is 1.17. The molecule has 7 rings (SSSR count). The smallest absolute Gasteiger partial charge is 0.334 e. The second kappa shape index (κ2) is 11.6. The van der Waals surface area contributed by atoms with E-state index >= 15 is 0 Å². The number of aliphatic hydroxyl groups is 2. The van der Waals surface area contributed by atoms with Gasteiger partial charge in [0.05, 0.1) is 22.5 Å². The number of allylic oxidation sites excluding steroid dienone is 1. The molecule has 0 aromatic rings. The number of carboxylic acids is 1. The summed E-state index contributed by atoms with van der Waals surface area (Å²) in [6, 6.07) is 0. The first kappa shape index (κ1) is 35.6. The summed E-state index contributed by atoms with van der Waals surface area (Å²) in [7, 11) is 0. The number of hydrogen-bond acceptors (Lipinski definition) is 9. The van der Waals surface area contributed by atoms with Crippen molar-refractivity contribution in [3.8, 4) is 0 Å². The summed E-state index contributed by atoms with van der Waals surface area (Å²) < 4.78 is 18.3. The minimum absolute atomic E-state index is 0.0100. The summed E-state index contributed by atoms with van der Waals surface area (Å²) in [5, 5.41) is 35.4. The lowest BCUT2D eigenvalue weighted by atomic mass is 9.41. The van der Waals surface area contributed by atoms with Crippen LogP contribution in [0, 0.1) is 39.9 Å². The van der Waals surface area contributed by atoms with Crippen molar-refractivity contribution in [2.75, 3.05) is 0 Å². The van der Waals surface area contributed by atoms with E-state index in [1.165, 1.54) is 6.08 Å². The molecule has 13 atom stereocenters. The number of aliphatic carboxylic acids is 1. The topological polar surface area (TPSA) is 157 Å². The Kier molecular flexibility index (Phi) is 8.25. The lowest BCUT2D eigenvalue weighted by molar-refractivity contribution is -0.197. The molecule has 10 nitrogen and oxygen atoms in total. The van der Waals surface area contributed by atoms with Crippen LogP contribution in [0.2, 0.25) is 0 Å². The van der Waals surface area contributed by atoms with Gasteiger partial charge in [-0.25, -0.2) is 9.59 Å². The van der Waals surface area contributed by atoms with Gasteiger partial charge < -0.3 is 29.5 Å². The molecule has 4 saturated carbocycles. The van der Waals surface area contributed by atoms with Crippen molar-refractivity contribution in [1.82, 2.24) is 0 Å². The first-order valence-electron chi connectivity index (χ1n) is 18.7. The minimum atomic E-state index is -2.14. The number of hydrogen-bond donors (Lipinski definition) is 3. The standard InChI is InChI=1S/C40H54O10/c1-7-22(2)32(42)48-25-20-35(4)15-12-28(41)40(47,31(50-35)30-29(25)23(3)33(43)49-30)18-17-39(46)21-38-16-11-26-36(5,27(38)10-9-24(39)19-38)13-8-14-37(26,6)34(44)45/h7,12,15,24-27,29-31,46-47H,3,8-11,13-14,16-21H2,1-2,4-6H3,(H,44,45)/b22-7+/t24-,25-,26+,27+,29-,30+,31+,35+,36-,37-,38+,39-,40+/m1/s1. The van der Waals surface area contributed by atoms with Gasteiger partial charge in [-0.15, -0.1) is 0 Å². The summed E-state index contributed by atoms with van der Waals surface area (Å²) >= 11 is 0. The van der Waals surface area contributed by atoms with Crippen molar-refractivity contribution < 1.29 is 48.7 Å². The molecule has 274 valence electrons. The highest BCUT2D eigenvalue weighted by molar-refractivity contribution is 5.98. The third kappa shape index (κ3) is 5.05. The van der Waals surface area contributed by atoms with Crippen LogP contribution in [0.4, 0.5) is 0 Å². The van der Waals surface area contributed by atoms with Crippen LogP contribution >= 0.6 is 0 Å². The zero-order chi connectivity index (χ0) is 36.2. The molecule has 0 unspecified atom stereocenters. The van der Waals surface area contributed by atoms with E-state index < -0.39 is 70.1 Å². The van der Waals surface area contributed by atoms with E-state index in [1.54, 1.807) is 32.9 Å². The number of carbonyl (C=O) groups is 4. The third-order valence-corrected chi connectivity index (χ3v) is 15.2. The molecule has 3 aliphatic heterocycles. The predicted molar refractivity (Wildman–Crippen MR) is 181 cm³/mol. The lowest BCUT2D eigenvalue weighted by Crippen LogP contribution is -2.58. The van der Waals surface area contributed by atoms with Crippen molar-refractivity contribution >= 4 is 23.7 Å². The van der Waals surface area contributed by atoms with Gasteiger partial charge in [0.15, 0.2) is 11.4 Å². The molecule has 50 heavy (non-hydrogen) atoms. The molecule has 7 aliphatic rings. The second-order valence-corrected chi connectivity index (χ2v) is 17.9. The number of rotatable bonds is 6. The zero-order valence-electron chi connectivity index (χ0n) is 30.2. The molecule has 1 spiro atoms. The van der Waals surface area contributed by atoms with Crippen LogP contribution in [0.25, 0.3) is 0 Å². The average Bonchev–Trinajstić information content (AvgIpc) is 3.37. The molecular weight excluding hydrogens is 640 g/mol. The van der Waals surface area contributed by atoms with Crippen LogP contribution < -0.4 is 0 Å². The molecule has 2 saturated heterocycles. The van der Waals surface area contributed by atoms with E-state index in [4.69, 9.17) is 14.2 Å². The maximum absolute atomic E-state index is 13.9. The molecule has 0 aromatic heterocycles. The van der Waals surface area contributed by atoms with Gasteiger partial charge in [-0.3, -0.25) is 9.59 Å². The lowest BCUT2D eigenvalue weighted by Gasteiger charge is -2.63. The SMILES string of the molecule is C=C1C(=O)O[C@H]2[C@H]1[C@H](OC(=O)/C(C)=C/C)C[C@]1(C)C=CC(=O)[C@@](O)(CC[C@@]3(O)C[C@@]45CC[C@H]6[C@@](C)(CCC[C@@]6(C)C(=O)O)[C@@H]4CC[C@@H]3C5)[C@H]2O1. The summed E-state index contributed by atoms with van der Waals surface area (Å²) in [6.07, 6.45) is 8.77. The number of ether oxygens (including phenoxy) is 3. The molecule has 10 heteroatoms. The van der Waals surface area contributed by atoms with Gasteiger partial charge in [-0.1, -0.05) is 26.0 Å². The minimum Gasteiger partial charge on any atom is -0.481 e. The Morgan fingerprint density at radius 1 is 1.04 bits per heavy atom. The normalized spacial score (nSPS) is 49.6. The molecular formula is C40H54O10. The molecule has 0 amide bonds. The molecule has 3 heterocycles. The highest BCUT2D eigenvalue weighted by Crippen LogP contribution is 2.73. The van der Waals surface area contributed by atoms with Gasteiger partial charge in [0.25, 0.3) is 0 Å². The number of carbonyl (C=O) groups excluding carboxylic acids is 3. The fraction of sp³-hybridized carbons (Fsp3) is 0.750. The quantitative estimate of drug-likeness (QED) is 0.243. The predicted octanol–water partition coefficient (Wildman–Crippen LogP) is 5.39. The Labute approximate surface area is 294 Å². The zero-order valence-corrected chi connectivity index (χ0v) is 30.2. The third-order valence-electron chi connectivity index (χ3n) is 15.2. The van der Waals surface area contributed by atoms with Gasteiger partial charge in [0.2, 0.25) is 0 Å². The van der Waals surface area contributed by atoms with Crippen LogP contribution in [0.1, 0.15) is 112 Å². The fourth-order valence-electron chi connectivity index (χ4n) is 12.5. The Bertz CT molecular complexity index is 1580. The molecule has 0 radical (unpaired) electrons. The van der Waals surface area contributed by atoms with Crippen LogP contribution in [-0.2, 0) is 33.4 Å². The second-order valence-electron chi connectivity index (χ2n) is 17.9. The molecule has 4 bridgehead atoms. The van der Waals surface area contributed by atoms with Crippen molar-refractivity contribution in [2.24, 2.45) is 39.9 Å². The first-order valence-corrected chi connectivity index (χ1v) is 18.7. The van der Waals surface area contributed by atoms with Gasteiger partial charge in [0, 0.05) is 17.6 Å². The Morgan fingerprint density at radius 2 is 1.78 bits per heavy atom. The monoisotopic (exact) mass is 694 g/mol. The largest absolute Gasteiger partial charge is 0.481 e. The number of carboxylic acid groups (broad SMARTS) is 1. The van der Waals surface area contributed by atoms with Crippen molar-refractivity contribution in [2.45, 2.75) is 147 Å². The first-order chi connectivity index (χ1) is 23.3. The van der Waals surface area contributed by atoms with E-state index in [1.807, 2.05) is 6.92 Å². The van der Waals surface area contributed by atoms with E-state index in [9.17, 15) is 34.5 Å². The summed E-state index contributed by atoms with van der Waals surface area (Å²) in [4.78, 5) is 52.5. The summed E-state index contributed by atoms with van der Waals surface area (Å²) in [5.74, 6) is -3.00. The average molecular weight is 695 g/mol. The van der Waals surface area contributed by atoms with E-state index in [0.29, 0.717) is 24.3 Å². The highest BCUT2D eigenvalue weighted by Gasteiger charge is 2.69. The fourth-order valence-corrected chi connectivity index (χ4v) is 12.5. The summed E-state index contributed by atoms with van der Waals surface area (Å²) in [5.41, 5.74) is -4.93. The maximum atomic E-state index is 13.9. The maximum Gasteiger partial charge on any atom is 0.334 e. The molecule has 0 aromatic carbocycles. The molecule has 6 fully saturated rings. The number of ketones is 1. The van der Waals surface area contributed by atoms with Crippen LogP contribution in [0.15, 0.2) is 36.0 Å². The Hall–Kier alpha value is -2.82. The molecule has 4 aliphatic carbocycles. The number of esters is 2. The summed E-state index contributed by atoms with van der Waals surface area (Å²) in [6.45, 7) is 13.3. The van der Waals surface area contributed by atoms with Gasteiger partial charge in [-0.2, -0.15) is 0 Å². The van der Waals surface area contributed by atoms with Crippen LogP contribution in [-0.4, -0.2) is 74.1 Å². The van der Waals surface area contributed by atoms with Crippen molar-refractivity contribution in [3.63, 3.8) is 0 Å². The van der Waals surface area contributed by atoms with Gasteiger partial charge >= 0.3 is 17.9 Å². The van der Waals surface area contributed by atoms with Crippen molar-refractivity contribution in [3.05, 3.63) is 36.0 Å². The van der Waals surface area contributed by atoms with Gasteiger partial charge in [0.1, 0.15) is 18.3 Å². The highest BCUT2D eigenvalue weighted by atomic mass is 16.6. The number of fused-ring (bicyclic) bond motifs is 7. The van der Waals surface area contributed by atoms with Crippen molar-refractivity contribution in [1.29, 1.82) is 0 Å². The van der Waals surface area contributed by atoms with E-state index in [-0.39, 0.29) is 47.5 Å². The van der Waals surface area contributed by atoms with Crippen LogP contribution in [0.5, 0.6) is 0 Å². The van der Waals surface area contributed by atoms with Crippen LogP contribution in [0.3, 0.4) is 0 Å².